The van der Waals surface area contributed by atoms with Crippen LogP contribution in [-0.2, 0) is 16.1 Å². The molecule has 2 aliphatic rings. The second-order valence-corrected chi connectivity index (χ2v) is 9.11. The van der Waals surface area contributed by atoms with Crippen molar-refractivity contribution in [1.29, 1.82) is 0 Å². The fourth-order valence-corrected chi connectivity index (χ4v) is 4.87. The molecule has 2 N–H and O–H groups in total. The van der Waals surface area contributed by atoms with E-state index in [1.54, 1.807) is 12.1 Å². The minimum Gasteiger partial charge on any atom is -0.508 e. The molecular weight excluding hydrogens is 402 g/mol. The van der Waals surface area contributed by atoms with Crippen molar-refractivity contribution < 1.29 is 14.7 Å². The topological polar surface area (TPSA) is 74.6 Å². The number of imide groups is 1. The number of nitrogens with zero attached hydrogens (tertiary/aromatic N) is 2. The molecule has 0 saturated heterocycles. The van der Waals surface area contributed by atoms with Crippen LogP contribution >= 0.6 is 0 Å². The average molecular weight is 430 g/mol. The van der Waals surface area contributed by atoms with Gasteiger partial charge in [-0.15, -0.1) is 0 Å². The Labute approximate surface area is 187 Å². The quantitative estimate of drug-likeness (QED) is 0.636. The van der Waals surface area contributed by atoms with Crippen molar-refractivity contribution in [2.75, 3.05) is 11.9 Å². The van der Waals surface area contributed by atoms with Gasteiger partial charge in [0.05, 0.1) is 17.6 Å². The van der Waals surface area contributed by atoms with Crippen LogP contribution in [0.2, 0.25) is 0 Å². The van der Waals surface area contributed by atoms with Crippen molar-refractivity contribution in [2.45, 2.75) is 39.7 Å². The molecule has 2 aliphatic heterocycles. The molecule has 3 heterocycles. The fraction of sp³-hybridized carbons (Fsp3) is 0.308. The molecular formula is C26H27N3O3. The van der Waals surface area contributed by atoms with Gasteiger partial charge < -0.3 is 15.0 Å². The Morgan fingerprint density at radius 1 is 1.19 bits per heavy atom. The third kappa shape index (κ3) is 3.18. The Bertz CT molecular complexity index is 1270. The fourth-order valence-electron chi connectivity index (χ4n) is 4.87. The zero-order chi connectivity index (χ0) is 22.6. The molecule has 1 atom stereocenters. The van der Waals surface area contributed by atoms with Gasteiger partial charge in [0.15, 0.2) is 0 Å². The second-order valence-electron chi connectivity index (χ2n) is 9.11. The molecule has 0 unspecified atom stereocenters. The van der Waals surface area contributed by atoms with E-state index in [9.17, 15) is 14.7 Å². The molecule has 0 spiro atoms. The average Bonchev–Trinajstić information content (AvgIpc) is 3.23. The van der Waals surface area contributed by atoms with E-state index in [0.29, 0.717) is 11.5 Å². The van der Waals surface area contributed by atoms with Crippen molar-refractivity contribution in [2.24, 2.45) is 5.92 Å². The van der Waals surface area contributed by atoms with Gasteiger partial charge in [-0.2, -0.15) is 0 Å². The maximum absolute atomic E-state index is 13.4. The lowest BCUT2D eigenvalue weighted by Gasteiger charge is -2.19. The standard InChI is InChI=1S/C26H27N3O3/c1-15(2)11-12-28-13-19-23(17-7-9-18(31)10-8-17)25-21(14-29(16(3)30)26(25)32)27-20-5-4-6-22(28)24(19)20/h4-10,13,15,23,27,31H,11-12,14H2,1-3H3/t23-/m0/s1. The number of hydrogen-bond acceptors (Lipinski definition) is 4. The van der Waals surface area contributed by atoms with E-state index in [0.717, 1.165) is 46.4 Å². The molecule has 2 amide bonds. The number of phenols is 1. The van der Waals surface area contributed by atoms with Gasteiger partial charge in [0.1, 0.15) is 5.75 Å². The Kier molecular flexibility index (Phi) is 4.81. The predicted molar refractivity (Wildman–Crippen MR) is 124 cm³/mol. The Morgan fingerprint density at radius 2 is 1.94 bits per heavy atom. The molecule has 0 bridgehead atoms. The summed E-state index contributed by atoms with van der Waals surface area (Å²) in [5.74, 6) is -0.0941. The number of hydrogen-bond donors (Lipinski definition) is 2. The maximum atomic E-state index is 13.4. The van der Waals surface area contributed by atoms with E-state index in [2.05, 4.69) is 36.0 Å². The smallest absolute Gasteiger partial charge is 0.259 e. The van der Waals surface area contributed by atoms with Gasteiger partial charge in [-0.3, -0.25) is 14.5 Å². The van der Waals surface area contributed by atoms with Crippen LogP contribution in [0.15, 0.2) is 59.9 Å². The highest BCUT2D eigenvalue weighted by atomic mass is 16.3. The summed E-state index contributed by atoms with van der Waals surface area (Å²) in [5.41, 5.74) is 5.40. The van der Waals surface area contributed by atoms with Crippen LogP contribution in [-0.4, -0.2) is 32.9 Å². The number of aromatic hydroxyl groups is 1. The number of phenolic OH excluding ortho intramolecular Hbond substituents is 1. The normalized spacial score (nSPS) is 17.7. The lowest BCUT2D eigenvalue weighted by atomic mass is 9.84. The summed E-state index contributed by atoms with van der Waals surface area (Å²) < 4.78 is 2.27. The summed E-state index contributed by atoms with van der Waals surface area (Å²) in [6, 6.07) is 13.2. The van der Waals surface area contributed by atoms with Crippen molar-refractivity contribution in [3.63, 3.8) is 0 Å². The number of nitrogens with one attached hydrogen (secondary N) is 1. The molecule has 0 fully saturated rings. The minimum atomic E-state index is -0.332. The maximum Gasteiger partial charge on any atom is 0.259 e. The molecule has 6 nitrogen and oxygen atoms in total. The Balaban J connectivity index is 1.75. The van der Waals surface area contributed by atoms with Crippen LogP contribution < -0.4 is 5.32 Å². The minimum absolute atomic E-state index is 0.179. The molecule has 0 saturated carbocycles. The third-order valence-corrected chi connectivity index (χ3v) is 6.49. The summed E-state index contributed by atoms with van der Waals surface area (Å²) in [4.78, 5) is 26.9. The molecule has 0 radical (unpaired) electrons. The third-order valence-electron chi connectivity index (χ3n) is 6.49. The summed E-state index contributed by atoms with van der Waals surface area (Å²) in [6.07, 6.45) is 3.21. The highest BCUT2D eigenvalue weighted by Crippen LogP contribution is 2.46. The van der Waals surface area contributed by atoms with Gasteiger partial charge in [0.25, 0.3) is 5.91 Å². The largest absolute Gasteiger partial charge is 0.508 e. The summed E-state index contributed by atoms with van der Waals surface area (Å²) >= 11 is 0. The van der Waals surface area contributed by atoms with Gasteiger partial charge in [-0.1, -0.05) is 32.0 Å². The van der Waals surface area contributed by atoms with Crippen LogP contribution in [0.4, 0.5) is 5.69 Å². The van der Waals surface area contributed by atoms with Gasteiger partial charge in [-0.25, -0.2) is 0 Å². The van der Waals surface area contributed by atoms with Crippen LogP contribution in [0.3, 0.4) is 0 Å². The zero-order valence-corrected chi connectivity index (χ0v) is 18.6. The van der Waals surface area contributed by atoms with Gasteiger partial charge in [0, 0.05) is 42.4 Å². The van der Waals surface area contributed by atoms with E-state index in [1.807, 2.05) is 24.3 Å². The van der Waals surface area contributed by atoms with Crippen LogP contribution in [0.1, 0.15) is 44.2 Å². The van der Waals surface area contributed by atoms with Crippen molar-refractivity contribution in [3.05, 3.63) is 71.1 Å². The lowest BCUT2D eigenvalue weighted by Crippen LogP contribution is -2.33. The lowest BCUT2D eigenvalue weighted by molar-refractivity contribution is -0.139. The first kappa shape index (κ1) is 20.4. The van der Waals surface area contributed by atoms with Gasteiger partial charge in [0.2, 0.25) is 5.91 Å². The molecule has 5 rings (SSSR count). The first-order chi connectivity index (χ1) is 15.3. The van der Waals surface area contributed by atoms with E-state index in [-0.39, 0.29) is 30.0 Å². The number of carbonyl (C=O) groups is 2. The van der Waals surface area contributed by atoms with E-state index < -0.39 is 0 Å². The predicted octanol–water partition coefficient (Wildman–Crippen LogP) is 4.59. The van der Waals surface area contributed by atoms with Gasteiger partial charge >= 0.3 is 0 Å². The van der Waals surface area contributed by atoms with Crippen molar-refractivity contribution in [1.82, 2.24) is 9.47 Å². The van der Waals surface area contributed by atoms with Gasteiger partial charge in [-0.05, 0) is 47.7 Å². The summed E-state index contributed by atoms with van der Waals surface area (Å²) in [6.45, 7) is 6.99. The highest BCUT2D eigenvalue weighted by Gasteiger charge is 2.41. The first-order valence-electron chi connectivity index (χ1n) is 11.1. The number of carbonyl (C=O) groups excluding carboxylic acids is 2. The molecule has 6 heteroatoms. The van der Waals surface area contributed by atoms with Crippen LogP contribution in [0.25, 0.3) is 10.9 Å². The van der Waals surface area contributed by atoms with Crippen LogP contribution in [0, 0.1) is 5.92 Å². The van der Waals surface area contributed by atoms with Crippen LogP contribution in [0.5, 0.6) is 5.75 Å². The summed E-state index contributed by atoms with van der Waals surface area (Å²) in [7, 11) is 0. The monoisotopic (exact) mass is 429 g/mol. The first-order valence-corrected chi connectivity index (χ1v) is 11.1. The second kappa shape index (κ2) is 7.55. The number of anilines is 1. The molecule has 1 aromatic heterocycles. The SMILES string of the molecule is CC(=O)N1CC2=C(C1=O)[C@@H](c1ccc(O)cc1)c1cn(CCC(C)C)c3cccc(c13)N2. The number of aromatic nitrogens is 1. The number of benzene rings is 2. The van der Waals surface area contributed by atoms with E-state index >= 15 is 0 Å². The Morgan fingerprint density at radius 3 is 2.62 bits per heavy atom. The van der Waals surface area contributed by atoms with Crippen molar-refractivity contribution >= 4 is 28.4 Å². The van der Waals surface area contributed by atoms with E-state index in [1.165, 1.54) is 11.8 Å². The highest BCUT2D eigenvalue weighted by molar-refractivity contribution is 6.11. The molecule has 32 heavy (non-hydrogen) atoms. The van der Waals surface area contributed by atoms with Crippen molar-refractivity contribution in [3.8, 4) is 5.75 Å². The molecule has 0 aliphatic carbocycles. The zero-order valence-electron chi connectivity index (χ0n) is 18.6. The summed E-state index contributed by atoms with van der Waals surface area (Å²) in [5, 5.41) is 14.4. The molecule has 164 valence electrons. The number of amides is 2. The molecule has 3 aromatic rings. The molecule has 2 aromatic carbocycles. The van der Waals surface area contributed by atoms with E-state index in [4.69, 9.17) is 0 Å². The number of aryl methyl sites for hydroxylation is 1. The number of rotatable bonds is 4. The Hall–Kier alpha value is -3.54.